The molecule has 5 heteroatoms. The zero-order chi connectivity index (χ0) is 10.1. The number of quaternary nitrogens is 1. The molecular weight excluding hydrogens is 170 g/mol. The van der Waals surface area contributed by atoms with Gasteiger partial charge in [0.05, 0.1) is 7.05 Å². The fourth-order valence-corrected chi connectivity index (χ4v) is 1.51. The molecular formula is C8H13N3O2. The van der Waals surface area contributed by atoms with Gasteiger partial charge in [-0.05, 0) is 6.42 Å². The number of rotatable bonds is 3. The van der Waals surface area contributed by atoms with Crippen LogP contribution in [0, 0.1) is 0 Å². The van der Waals surface area contributed by atoms with Crippen molar-refractivity contribution < 1.29 is 14.5 Å². The number of carboxylic acids is 1. The molecule has 0 amide bonds. The van der Waals surface area contributed by atoms with Crippen LogP contribution >= 0.6 is 0 Å². The van der Waals surface area contributed by atoms with E-state index in [4.69, 9.17) is 5.73 Å². The Hall–Kier alpha value is -1.36. The Bertz CT molecular complexity index is 296. The van der Waals surface area contributed by atoms with E-state index in [0.29, 0.717) is 6.54 Å². The Morgan fingerprint density at radius 3 is 2.85 bits per heavy atom. The molecule has 0 saturated heterocycles. The van der Waals surface area contributed by atoms with Crippen molar-refractivity contribution in [2.45, 2.75) is 13.3 Å². The Labute approximate surface area is 76.7 Å². The maximum Gasteiger partial charge on any atom is 0.207 e. The fraction of sp³-hybridized carbons (Fsp3) is 0.500. The third-order valence-corrected chi connectivity index (χ3v) is 2.06. The summed E-state index contributed by atoms with van der Waals surface area (Å²) in [4.78, 5) is 10.8. The van der Waals surface area contributed by atoms with Crippen molar-refractivity contribution >= 4 is 12.2 Å². The lowest BCUT2D eigenvalue weighted by Gasteiger charge is -2.26. The highest BCUT2D eigenvalue weighted by molar-refractivity contribution is 5.93. The van der Waals surface area contributed by atoms with Gasteiger partial charge in [0.1, 0.15) is 24.4 Å². The van der Waals surface area contributed by atoms with Crippen LogP contribution in [0.1, 0.15) is 13.3 Å². The van der Waals surface area contributed by atoms with Gasteiger partial charge in [-0.3, -0.25) is 0 Å². The second-order valence-corrected chi connectivity index (χ2v) is 3.20. The monoisotopic (exact) mass is 183 g/mol. The van der Waals surface area contributed by atoms with Crippen LogP contribution in [-0.2, 0) is 4.79 Å². The van der Waals surface area contributed by atoms with Crippen molar-refractivity contribution in [1.29, 1.82) is 0 Å². The molecule has 1 aliphatic heterocycles. The molecule has 0 fully saturated rings. The van der Waals surface area contributed by atoms with Crippen molar-refractivity contribution in [1.82, 2.24) is 0 Å². The molecule has 1 atom stereocenters. The third-order valence-electron chi connectivity index (χ3n) is 2.06. The number of nitrogens with two attached hydrogens (primary N) is 1. The molecule has 0 bridgehead atoms. The quantitative estimate of drug-likeness (QED) is 0.556. The van der Waals surface area contributed by atoms with Gasteiger partial charge in [0.25, 0.3) is 0 Å². The molecule has 13 heavy (non-hydrogen) atoms. The van der Waals surface area contributed by atoms with Crippen molar-refractivity contribution in [3.63, 3.8) is 0 Å². The Morgan fingerprint density at radius 1 is 1.77 bits per heavy atom. The van der Waals surface area contributed by atoms with E-state index in [1.807, 2.05) is 6.92 Å². The number of allylic oxidation sites excluding steroid dienone is 1. The molecule has 5 nitrogen and oxygen atoms in total. The van der Waals surface area contributed by atoms with E-state index >= 15 is 0 Å². The highest BCUT2D eigenvalue weighted by atomic mass is 16.4. The second-order valence-electron chi connectivity index (χ2n) is 3.20. The van der Waals surface area contributed by atoms with Crippen LogP contribution in [0.25, 0.3) is 0 Å². The van der Waals surface area contributed by atoms with Gasteiger partial charge < -0.3 is 15.6 Å². The number of hydrogen-bond acceptors (Lipinski definition) is 4. The Kier molecular flexibility index (Phi) is 2.38. The summed E-state index contributed by atoms with van der Waals surface area (Å²) in [7, 11) is 1.70. The van der Waals surface area contributed by atoms with E-state index in [2.05, 4.69) is 5.10 Å². The standard InChI is InChI=1S/C8H13N3O2/c1-3-4-11(2)7(8(12)13)6(9)5-10-11/h5H,3-4,9H2,1-2H3. The van der Waals surface area contributed by atoms with Gasteiger partial charge in [0, 0.05) is 0 Å². The lowest BCUT2D eigenvalue weighted by molar-refractivity contribution is -0.874. The molecule has 72 valence electrons. The number of hydrogen-bond donors (Lipinski definition) is 1. The highest BCUT2D eigenvalue weighted by Gasteiger charge is 2.34. The Morgan fingerprint density at radius 2 is 2.38 bits per heavy atom. The van der Waals surface area contributed by atoms with E-state index in [0.717, 1.165) is 6.42 Å². The maximum atomic E-state index is 10.8. The summed E-state index contributed by atoms with van der Waals surface area (Å²) in [6, 6.07) is 0. The third kappa shape index (κ3) is 1.55. The minimum atomic E-state index is -1.24. The molecule has 1 unspecified atom stereocenters. The summed E-state index contributed by atoms with van der Waals surface area (Å²) >= 11 is 0. The second kappa shape index (κ2) is 3.18. The first kappa shape index (κ1) is 9.73. The highest BCUT2D eigenvalue weighted by Crippen LogP contribution is 2.22. The number of carbonyl (C=O) groups excluding carboxylic acids is 1. The smallest absolute Gasteiger partial charge is 0.207 e. The van der Waals surface area contributed by atoms with Crippen LogP contribution in [0.3, 0.4) is 0 Å². The minimum Gasteiger partial charge on any atom is -0.540 e. The maximum absolute atomic E-state index is 10.8. The van der Waals surface area contributed by atoms with Gasteiger partial charge in [-0.2, -0.15) is 4.59 Å². The number of carbonyl (C=O) groups is 1. The molecule has 0 aliphatic carbocycles. The van der Waals surface area contributed by atoms with Crippen LogP contribution < -0.4 is 10.8 Å². The number of likely N-dealkylation sites (N-methyl/N-ethyl adjacent to an activating group) is 1. The van der Waals surface area contributed by atoms with E-state index < -0.39 is 5.97 Å². The predicted octanol–water partition coefficient (Wildman–Crippen LogP) is -1.24. The average Bonchev–Trinajstić information content (AvgIpc) is 2.27. The van der Waals surface area contributed by atoms with Crippen molar-refractivity contribution in [2.24, 2.45) is 10.8 Å². The summed E-state index contributed by atoms with van der Waals surface area (Å²) in [5.74, 6) is -1.24. The topological polar surface area (TPSA) is 78.5 Å². The molecule has 1 aliphatic rings. The van der Waals surface area contributed by atoms with Gasteiger partial charge in [0.15, 0.2) is 0 Å². The molecule has 0 spiro atoms. The summed E-state index contributed by atoms with van der Waals surface area (Å²) in [5, 5.41) is 14.8. The van der Waals surface area contributed by atoms with Crippen LogP contribution in [0.4, 0.5) is 0 Å². The van der Waals surface area contributed by atoms with Crippen molar-refractivity contribution in [2.75, 3.05) is 13.6 Å². The molecule has 1 heterocycles. The average molecular weight is 183 g/mol. The van der Waals surface area contributed by atoms with Gasteiger partial charge in [0.2, 0.25) is 5.70 Å². The van der Waals surface area contributed by atoms with Crippen LogP contribution in [0.5, 0.6) is 0 Å². The Balaban J connectivity index is 3.02. The first-order chi connectivity index (χ1) is 6.01. The van der Waals surface area contributed by atoms with Gasteiger partial charge >= 0.3 is 0 Å². The van der Waals surface area contributed by atoms with Gasteiger partial charge in [-0.1, -0.05) is 12.0 Å². The first-order valence-electron chi connectivity index (χ1n) is 4.14. The SMILES string of the molecule is CCC[N+]1(C)N=CC(N)=C1C(=O)[O-]. The van der Waals surface area contributed by atoms with E-state index in [9.17, 15) is 9.90 Å². The molecule has 2 N–H and O–H groups in total. The first-order valence-corrected chi connectivity index (χ1v) is 4.14. The summed E-state index contributed by atoms with van der Waals surface area (Å²) in [6.07, 6.45) is 2.21. The van der Waals surface area contributed by atoms with Crippen LogP contribution in [0.15, 0.2) is 16.5 Å². The van der Waals surface area contributed by atoms with E-state index in [1.165, 1.54) is 6.21 Å². The number of nitrogens with zero attached hydrogens (tertiary/aromatic N) is 2. The van der Waals surface area contributed by atoms with Gasteiger partial charge in [-0.15, -0.1) is 0 Å². The van der Waals surface area contributed by atoms with E-state index in [1.54, 1.807) is 7.05 Å². The molecule has 0 aromatic rings. The molecule has 0 aromatic carbocycles. The lowest BCUT2D eigenvalue weighted by atomic mass is 10.3. The molecule has 0 aromatic heterocycles. The van der Waals surface area contributed by atoms with E-state index in [-0.39, 0.29) is 16.0 Å². The van der Waals surface area contributed by atoms with Crippen LogP contribution in [0.2, 0.25) is 0 Å². The van der Waals surface area contributed by atoms with Crippen molar-refractivity contribution in [3.05, 3.63) is 11.4 Å². The summed E-state index contributed by atoms with van der Waals surface area (Å²) < 4.78 is -0.00926. The summed E-state index contributed by atoms with van der Waals surface area (Å²) in [6.45, 7) is 2.57. The fourth-order valence-electron chi connectivity index (χ4n) is 1.51. The minimum absolute atomic E-state index is 0.00926. The number of carboxylic acid groups (broad SMARTS) is 1. The predicted molar refractivity (Wildman–Crippen MR) is 46.1 cm³/mol. The molecule has 0 radical (unpaired) electrons. The van der Waals surface area contributed by atoms with Gasteiger partial charge in [-0.25, -0.2) is 0 Å². The zero-order valence-corrected chi connectivity index (χ0v) is 7.78. The normalized spacial score (nSPS) is 26.9. The summed E-state index contributed by atoms with van der Waals surface area (Å²) in [5.41, 5.74) is 5.73. The number of aliphatic carboxylic acids is 1. The van der Waals surface area contributed by atoms with Crippen molar-refractivity contribution in [3.8, 4) is 0 Å². The lowest BCUT2D eigenvalue weighted by Crippen LogP contribution is -2.44. The largest absolute Gasteiger partial charge is 0.540 e. The zero-order valence-electron chi connectivity index (χ0n) is 7.78. The molecule has 1 rings (SSSR count). The van der Waals surface area contributed by atoms with Crippen LogP contribution in [-0.4, -0.2) is 30.4 Å². The molecule has 0 saturated carbocycles.